The lowest BCUT2D eigenvalue weighted by Crippen LogP contribution is -2.34. The van der Waals surface area contributed by atoms with Gasteiger partial charge in [-0.2, -0.15) is 0 Å². The summed E-state index contributed by atoms with van der Waals surface area (Å²) in [5.41, 5.74) is 0. The summed E-state index contributed by atoms with van der Waals surface area (Å²) < 4.78 is 11.2. The average Bonchev–Trinajstić information content (AvgIpc) is 2.92. The van der Waals surface area contributed by atoms with Gasteiger partial charge < -0.3 is 14.5 Å². The topological polar surface area (TPSA) is 51.5 Å². The molecule has 3 rings (SSSR count). The van der Waals surface area contributed by atoms with E-state index < -0.39 is 0 Å². The van der Waals surface area contributed by atoms with E-state index >= 15 is 0 Å². The maximum Gasteiger partial charge on any atom is 0.287 e. The summed E-state index contributed by atoms with van der Waals surface area (Å²) in [6, 6.07) is 11.0. The van der Waals surface area contributed by atoms with Gasteiger partial charge in [0, 0.05) is 6.04 Å². The third kappa shape index (κ3) is 4.54. The van der Waals surface area contributed by atoms with Gasteiger partial charge in [0.25, 0.3) is 5.91 Å². The highest BCUT2D eigenvalue weighted by Crippen LogP contribution is 2.24. The Kier molecular flexibility index (Phi) is 5.81. The number of halogens is 1. The second-order valence-corrected chi connectivity index (χ2v) is 6.55. The molecule has 1 amide bonds. The molecule has 24 heavy (non-hydrogen) atoms. The molecule has 0 unspecified atom stereocenters. The Balaban J connectivity index is 1.54. The Morgan fingerprint density at radius 1 is 1.12 bits per heavy atom. The Morgan fingerprint density at radius 2 is 1.88 bits per heavy atom. The van der Waals surface area contributed by atoms with Crippen molar-refractivity contribution in [2.75, 3.05) is 0 Å². The van der Waals surface area contributed by atoms with E-state index in [9.17, 15) is 4.79 Å². The molecule has 1 heterocycles. The molecule has 0 bridgehead atoms. The molecule has 2 aromatic rings. The van der Waals surface area contributed by atoms with E-state index in [2.05, 4.69) is 5.32 Å². The molecule has 1 saturated carbocycles. The number of benzene rings is 1. The minimum absolute atomic E-state index is 0.147. The molecule has 1 aromatic carbocycles. The molecule has 128 valence electrons. The van der Waals surface area contributed by atoms with Crippen molar-refractivity contribution in [1.29, 1.82) is 0 Å². The third-order valence-corrected chi connectivity index (χ3v) is 4.59. The van der Waals surface area contributed by atoms with E-state index in [1.54, 1.807) is 24.3 Å². The number of furan rings is 1. The van der Waals surface area contributed by atoms with Crippen LogP contribution in [0.1, 0.15) is 54.8 Å². The summed E-state index contributed by atoms with van der Waals surface area (Å²) in [6.07, 6.45) is 6.98. The van der Waals surface area contributed by atoms with Crippen molar-refractivity contribution in [1.82, 2.24) is 5.32 Å². The van der Waals surface area contributed by atoms with Crippen molar-refractivity contribution in [3.05, 3.63) is 52.9 Å². The number of carbonyl (C=O) groups excluding carboxylic acids is 1. The predicted octanol–water partition coefficient (Wildman–Crippen LogP) is 4.96. The summed E-state index contributed by atoms with van der Waals surface area (Å²) in [5.74, 6) is 1.38. The Labute approximate surface area is 147 Å². The predicted molar refractivity (Wildman–Crippen MR) is 93.4 cm³/mol. The second-order valence-electron chi connectivity index (χ2n) is 6.15. The smallest absolute Gasteiger partial charge is 0.287 e. The molecule has 1 aliphatic carbocycles. The first-order valence-electron chi connectivity index (χ1n) is 8.49. The average molecular weight is 348 g/mol. The molecule has 0 spiro atoms. The highest BCUT2D eigenvalue weighted by Gasteiger charge is 2.18. The van der Waals surface area contributed by atoms with E-state index in [0.29, 0.717) is 22.3 Å². The number of amides is 1. The number of nitrogens with one attached hydrogen (secondary N) is 1. The molecule has 5 heteroatoms. The van der Waals surface area contributed by atoms with Gasteiger partial charge in [-0.3, -0.25) is 4.79 Å². The molecule has 0 radical (unpaired) electrons. The summed E-state index contributed by atoms with van der Waals surface area (Å²) in [6.45, 7) is 0.237. The Bertz CT molecular complexity index is 675. The van der Waals surface area contributed by atoms with Crippen molar-refractivity contribution in [2.45, 2.75) is 51.2 Å². The lowest BCUT2D eigenvalue weighted by atomic mass is 10.1. The van der Waals surface area contributed by atoms with Crippen LogP contribution in [0.15, 0.2) is 40.8 Å². The van der Waals surface area contributed by atoms with Crippen molar-refractivity contribution in [2.24, 2.45) is 0 Å². The first-order chi connectivity index (χ1) is 11.7. The molecule has 1 fully saturated rings. The molecule has 1 N–H and O–H groups in total. The fourth-order valence-corrected chi connectivity index (χ4v) is 3.16. The van der Waals surface area contributed by atoms with Crippen LogP contribution in [0.25, 0.3) is 0 Å². The lowest BCUT2D eigenvalue weighted by molar-refractivity contribution is 0.0901. The highest BCUT2D eigenvalue weighted by atomic mass is 35.5. The highest BCUT2D eigenvalue weighted by molar-refractivity contribution is 6.32. The van der Waals surface area contributed by atoms with Crippen LogP contribution < -0.4 is 10.1 Å². The van der Waals surface area contributed by atoms with Crippen LogP contribution in [0, 0.1) is 0 Å². The number of rotatable bonds is 5. The summed E-state index contributed by atoms with van der Waals surface area (Å²) >= 11 is 6.05. The molecule has 4 nitrogen and oxygen atoms in total. The number of hydrogen-bond donors (Lipinski definition) is 1. The summed E-state index contributed by atoms with van der Waals surface area (Å²) in [7, 11) is 0. The number of hydrogen-bond acceptors (Lipinski definition) is 3. The first-order valence-corrected chi connectivity index (χ1v) is 8.87. The van der Waals surface area contributed by atoms with Gasteiger partial charge >= 0.3 is 0 Å². The van der Waals surface area contributed by atoms with E-state index in [0.717, 1.165) is 12.8 Å². The molecule has 0 atom stereocenters. The van der Waals surface area contributed by atoms with Crippen LogP contribution in [0.2, 0.25) is 5.02 Å². The van der Waals surface area contributed by atoms with E-state index in [4.69, 9.17) is 20.8 Å². The fourth-order valence-electron chi connectivity index (χ4n) is 2.97. The van der Waals surface area contributed by atoms with Crippen LogP contribution in [-0.4, -0.2) is 11.9 Å². The van der Waals surface area contributed by atoms with E-state index in [-0.39, 0.29) is 18.6 Å². The first kappa shape index (κ1) is 16.9. The lowest BCUT2D eigenvalue weighted by Gasteiger charge is -2.15. The van der Waals surface area contributed by atoms with Crippen LogP contribution in [0.5, 0.6) is 5.75 Å². The minimum Gasteiger partial charge on any atom is -0.484 e. The van der Waals surface area contributed by atoms with Gasteiger partial charge in [-0.1, -0.05) is 49.4 Å². The second kappa shape index (κ2) is 8.25. The van der Waals surface area contributed by atoms with Gasteiger partial charge in [0.05, 0.1) is 5.02 Å². The monoisotopic (exact) mass is 347 g/mol. The van der Waals surface area contributed by atoms with Gasteiger partial charge in [0.1, 0.15) is 18.1 Å². The van der Waals surface area contributed by atoms with Crippen LogP contribution in [-0.2, 0) is 6.61 Å². The quantitative estimate of drug-likeness (QED) is 0.777. The maximum absolute atomic E-state index is 12.3. The Morgan fingerprint density at radius 3 is 2.62 bits per heavy atom. The number of carbonyl (C=O) groups is 1. The zero-order valence-corrected chi connectivity index (χ0v) is 14.3. The third-order valence-electron chi connectivity index (χ3n) is 4.28. The minimum atomic E-state index is -0.147. The largest absolute Gasteiger partial charge is 0.484 e. The van der Waals surface area contributed by atoms with Crippen LogP contribution in [0.4, 0.5) is 0 Å². The normalized spacial score (nSPS) is 15.7. The molecule has 1 aliphatic rings. The van der Waals surface area contributed by atoms with Crippen LogP contribution >= 0.6 is 11.6 Å². The number of para-hydroxylation sites is 1. The standard InChI is InChI=1S/C19H22ClNO3/c20-16-9-5-6-10-17(16)23-13-15-11-12-18(24-15)19(22)21-14-7-3-1-2-4-8-14/h5-6,9-12,14H,1-4,7-8,13H2,(H,21,22). The van der Waals surface area contributed by atoms with Crippen molar-refractivity contribution in [3.8, 4) is 5.75 Å². The van der Waals surface area contributed by atoms with Gasteiger partial charge in [-0.05, 0) is 37.1 Å². The molecular weight excluding hydrogens is 326 g/mol. The van der Waals surface area contributed by atoms with Crippen LogP contribution in [0.3, 0.4) is 0 Å². The number of ether oxygens (including phenoxy) is 1. The van der Waals surface area contributed by atoms with Crippen molar-refractivity contribution in [3.63, 3.8) is 0 Å². The molecule has 0 aliphatic heterocycles. The van der Waals surface area contributed by atoms with Gasteiger partial charge in [-0.15, -0.1) is 0 Å². The summed E-state index contributed by atoms with van der Waals surface area (Å²) in [5, 5.41) is 3.63. The SMILES string of the molecule is O=C(NC1CCCCCC1)c1ccc(COc2ccccc2Cl)o1. The zero-order valence-electron chi connectivity index (χ0n) is 13.6. The molecular formula is C19H22ClNO3. The molecule has 1 aromatic heterocycles. The van der Waals surface area contributed by atoms with E-state index in [1.165, 1.54) is 25.7 Å². The maximum atomic E-state index is 12.3. The fraction of sp³-hybridized carbons (Fsp3) is 0.421. The van der Waals surface area contributed by atoms with Gasteiger partial charge in [-0.25, -0.2) is 0 Å². The zero-order chi connectivity index (χ0) is 16.8. The Hall–Kier alpha value is -1.94. The van der Waals surface area contributed by atoms with Gasteiger partial charge in [0.15, 0.2) is 5.76 Å². The molecule has 0 saturated heterocycles. The van der Waals surface area contributed by atoms with Gasteiger partial charge in [0.2, 0.25) is 0 Å². The summed E-state index contributed by atoms with van der Waals surface area (Å²) in [4.78, 5) is 12.3. The van der Waals surface area contributed by atoms with E-state index in [1.807, 2.05) is 12.1 Å². The van der Waals surface area contributed by atoms with Crippen molar-refractivity contribution < 1.29 is 13.9 Å². The van der Waals surface area contributed by atoms with Crippen molar-refractivity contribution >= 4 is 17.5 Å².